The summed E-state index contributed by atoms with van der Waals surface area (Å²) in [5.41, 5.74) is 8.01. The van der Waals surface area contributed by atoms with Gasteiger partial charge in [-0.3, -0.25) is 0 Å². The minimum Gasteiger partial charge on any atom is -0.396 e. The molecular formula is C11H16N4O2. The molecule has 0 aromatic carbocycles. The molecule has 17 heavy (non-hydrogen) atoms. The van der Waals surface area contributed by atoms with Crippen molar-refractivity contribution in [1.82, 2.24) is 14.9 Å². The monoisotopic (exact) mass is 236 g/mol. The van der Waals surface area contributed by atoms with Gasteiger partial charge in [0.25, 0.3) is 0 Å². The molecule has 2 heterocycles. The minimum atomic E-state index is -0.273. The summed E-state index contributed by atoms with van der Waals surface area (Å²) in [6.07, 6.45) is 1.58. The third kappa shape index (κ3) is 2.23. The number of nitrogens with zero attached hydrogens (tertiary/aromatic N) is 2. The van der Waals surface area contributed by atoms with Crippen molar-refractivity contribution < 1.29 is 10.2 Å². The molecule has 0 aliphatic carbocycles. The summed E-state index contributed by atoms with van der Waals surface area (Å²) in [4.78, 5) is 0. The summed E-state index contributed by atoms with van der Waals surface area (Å²) in [6, 6.07) is 5.33. The first-order valence-electron chi connectivity index (χ1n) is 5.45. The number of fused-ring (bicyclic) bond motifs is 1. The number of aliphatic hydroxyl groups is 2. The minimum absolute atomic E-state index is 0.0216. The highest BCUT2D eigenvalue weighted by Gasteiger charge is 2.14. The standard InChI is InChI=1S/C11H16N4O2/c12-8-6-14-15-10(8)2-1-3-11(15)9(7-17)13-4-5-16/h1-3,6,9,13,16-17H,4-5,7,12H2. The summed E-state index contributed by atoms with van der Waals surface area (Å²) in [7, 11) is 0. The lowest BCUT2D eigenvalue weighted by Crippen LogP contribution is -2.28. The molecule has 0 radical (unpaired) electrons. The van der Waals surface area contributed by atoms with E-state index in [0.717, 1.165) is 11.2 Å². The van der Waals surface area contributed by atoms with E-state index in [4.69, 9.17) is 10.8 Å². The third-order valence-electron chi connectivity index (χ3n) is 2.64. The molecule has 2 aromatic rings. The van der Waals surface area contributed by atoms with E-state index in [1.807, 2.05) is 18.2 Å². The van der Waals surface area contributed by atoms with E-state index in [1.54, 1.807) is 10.7 Å². The Morgan fingerprint density at radius 2 is 2.24 bits per heavy atom. The lowest BCUT2D eigenvalue weighted by Gasteiger charge is -2.17. The predicted octanol–water partition coefficient (Wildman–Crippen LogP) is -0.468. The van der Waals surface area contributed by atoms with Gasteiger partial charge in [0.1, 0.15) is 0 Å². The van der Waals surface area contributed by atoms with Crippen LogP contribution in [0.15, 0.2) is 24.4 Å². The first kappa shape index (κ1) is 11.8. The fraction of sp³-hybridized carbons (Fsp3) is 0.364. The molecule has 2 aromatic heterocycles. The van der Waals surface area contributed by atoms with Crippen LogP contribution in [0.2, 0.25) is 0 Å². The molecule has 0 saturated heterocycles. The van der Waals surface area contributed by atoms with Gasteiger partial charge in [-0.25, -0.2) is 4.52 Å². The van der Waals surface area contributed by atoms with Crippen LogP contribution < -0.4 is 11.1 Å². The second kappa shape index (κ2) is 5.13. The van der Waals surface area contributed by atoms with Crippen LogP contribution in [0.3, 0.4) is 0 Å². The fourth-order valence-corrected chi connectivity index (χ4v) is 1.82. The first-order valence-corrected chi connectivity index (χ1v) is 5.45. The number of pyridine rings is 1. The summed E-state index contributed by atoms with van der Waals surface area (Å²) in [5.74, 6) is 0. The molecule has 2 rings (SSSR count). The number of aromatic nitrogens is 2. The topological polar surface area (TPSA) is 95.8 Å². The quantitative estimate of drug-likeness (QED) is 0.563. The Labute approximate surface area is 98.7 Å². The normalized spacial score (nSPS) is 13.1. The molecule has 0 saturated carbocycles. The Kier molecular flexibility index (Phi) is 3.58. The summed E-state index contributed by atoms with van der Waals surface area (Å²) < 4.78 is 1.70. The van der Waals surface area contributed by atoms with Crippen LogP contribution in [0.25, 0.3) is 5.52 Å². The van der Waals surface area contributed by atoms with E-state index in [-0.39, 0.29) is 19.3 Å². The Bertz CT molecular complexity index is 497. The Hall–Kier alpha value is -1.63. The number of nitrogens with two attached hydrogens (primary N) is 1. The zero-order chi connectivity index (χ0) is 12.3. The molecule has 0 bridgehead atoms. The van der Waals surface area contributed by atoms with Gasteiger partial charge in [-0.1, -0.05) is 6.07 Å². The van der Waals surface area contributed by atoms with Gasteiger partial charge in [-0.05, 0) is 12.1 Å². The molecule has 6 heteroatoms. The van der Waals surface area contributed by atoms with Crippen LogP contribution in [0.4, 0.5) is 5.69 Å². The zero-order valence-electron chi connectivity index (χ0n) is 9.37. The van der Waals surface area contributed by atoms with Gasteiger partial charge in [0.05, 0.1) is 42.4 Å². The molecule has 1 unspecified atom stereocenters. The van der Waals surface area contributed by atoms with Crippen molar-refractivity contribution in [2.45, 2.75) is 6.04 Å². The van der Waals surface area contributed by atoms with E-state index in [9.17, 15) is 5.11 Å². The molecule has 5 N–H and O–H groups in total. The summed E-state index contributed by atoms with van der Waals surface area (Å²) >= 11 is 0. The molecule has 0 amide bonds. The number of nitrogens with one attached hydrogen (secondary N) is 1. The maximum Gasteiger partial charge on any atom is 0.0895 e. The molecule has 0 fully saturated rings. The van der Waals surface area contributed by atoms with E-state index >= 15 is 0 Å². The van der Waals surface area contributed by atoms with Crippen LogP contribution in [0.1, 0.15) is 11.7 Å². The van der Waals surface area contributed by atoms with Gasteiger partial charge in [0.15, 0.2) is 0 Å². The number of hydrogen-bond acceptors (Lipinski definition) is 5. The van der Waals surface area contributed by atoms with Crippen molar-refractivity contribution in [3.63, 3.8) is 0 Å². The lowest BCUT2D eigenvalue weighted by molar-refractivity contribution is 0.224. The second-order valence-electron chi connectivity index (χ2n) is 3.76. The van der Waals surface area contributed by atoms with Crippen molar-refractivity contribution in [2.75, 3.05) is 25.5 Å². The van der Waals surface area contributed by atoms with Gasteiger partial charge in [0.2, 0.25) is 0 Å². The van der Waals surface area contributed by atoms with Crippen molar-refractivity contribution in [2.24, 2.45) is 0 Å². The van der Waals surface area contributed by atoms with E-state index < -0.39 is 0 Å². The van der Waals surface area contributed by atoms with Gasteiger partial charge >= 0.3 is 0 Å². The van der Waals surface area contributed by atoms with E-state index in [2.05, 4.69) is 10.4 Å². The maximum atomic E-state index is 9.36. The molecule has 92 valence electrons. The second-order valence-corrected chi connectivity index (χ2v) is 3.76. The average molecular weight is 236 g/mol. The highest BCUT2D eigenvalue weighted by molar-refractivity contribution is 5.68. The van der Waals surface area contributed by atoms with Crippen LogP contribution in [-0.2, 0) is 0 Å². The molecule has 0 spiro atoms. The molecule has 0 aliphatic rings. The van der Waals surface area contributed by atoms with Crippen molar-refractivity contribution in [3.8, 4) is 0 Å². The SMILES string of the molecule is Nc1cnn2c(C(CO)NCCO)cccc12. The highest BCUT2D eigenvalue weighted by atomic mass is 16.3. The van der Waals surface area contributed by atoms with Gasteiger partial charge in [-0.2, -0.15) is 5.10 Å². The smallest absolute Gasteiger partial charge is 0.0895 e. The lowest BCUT2D eigenvalue weighted by atomic mass is 10.2. The number of nitrogen functional groups attached to an aromatic ring is 1. The average Bonchev–Trinajstić information content (AvgIpc) is 2.73. The van der Waals surface area contributed by atoms with E-state index in [1.165, 1.54) is 0 Å². The molecule has 0 aliphatic heterocycles. The van der Waals surface area contributed by atoms with Gasteiger partial charge < -0.3 is 21.3 Å². The van der Waals surface area contributed by atoms with Crippen molar-refractivity contribution in [1.29, 1.82) is 0 Å². The zero-order valence-corrected chi connectivity index (χ0v) is 9.37. The molecule has 1 atom stereocenters. The Morgan fingerprint density at radius 3 is 2.94 bits per heavy atom. The van der Waals surface area contributed by atoms with Crippen LogP contribution in [0, 0.1) is 0 Å². The highest BCUT2D eigenvalue weighted by Crippen LogP contribution is 2.18. The summed E-state index contributed by atoms with van der Waals surface area (Å²) in [5, 5.41) is 25.4. The summed E-state index contributed by atoms with van der Waals surface area (Å²) in [6.45, 7) is 0.366. The van der Waals surface area contributed by atoms with Crippen molar-refractivity contribution in [3.05, 3.63) is 30.1 Å². The third-order valence-corrected chi connectivity index (χ3v) is 2.64. The number of anilines is 1. The van der Waals surface area contributed by atoms with Gasteiger partial charge in [-0.15, -0.1) is 0 Å². The predicted molar refractivity (Wildman–Crippen MR) is 64.5 cm³/mol. The number of rotatable bonds is 5. The maximum absolute atomic E-state index is 9.36. The first-order chi connectivity index (χ1) is 8.27. The van der Waals surface area contributed by atoms with Crippen LogP contribution >= 0.6 is 0 Å². The fourth-order valence-electron chi connectivity index (χ4n) is 1.82. The largest absolute Gasteiger partial charge is 0.396 e. The van der Waals surface area contributed by atoms with Crippen molar-refractivity contribution >= 4 is 11.2 Å². The number of aliphatic hydroxyl groups excluding tert-OH is 2. The van der Waals surface area contributed by atoms with Crippen LogP contribution in [-0.4, -0.2) is 39.6 Å². The van der Waals surface area contributed by atoms with Crippen LogP contribution in [0.5, 0.6) is 0 Å². The Morgan fingerprint density at radius 1 is 1.41 bits per heavy atom. The Balaban J connectivity index is 2.39. The van der Waals surface area contributed by atoms with Gasteiger partial charge in [0, 0.05) is 6.54 Å². The number of hydrogen-bond donors (Lipinski definition) is 4. The van der Waals surface area contributed by atoms with E-state index in [0.29, 0.717) is 12.2 Å². The molecule has 6 nitrogen and oxygen atoms in total. The molecular weight excluding hydrogens is 220 g/mol.